The fourth-order valence-corrected chi connectivity index (χ4v) is 1.83. The summed E-state index contributed by atoms with van der Waals surface area (Å²) >= 11 is 0. The molecule has 3 N–H and O–H groups in total. The van der Waals surface area contributed by atoms with Crippen LogP contribution >= 0.6 is 0 Å². The molecule has 1 rings (SSSR count). The number of amides is 1. The Morgan fingerprint density at radius 1 is 1.53 bits per heavy atom. The molecule has 0 aromatic carbocycles. The molecule has 0 aliphatic carbocycles. The Hall–Kier alpha value is -0.870. The molecule has 1 fully saturated rings. The van der Waals surface area contributed by atoms with Gasteiger partial charge in [0.25, 0.3) is 0 Å². The molecule has 0 aromatic heterocycles. The third kappa shape index (κ3) is 4.44. The van der Waals surface area contributed by atoms with Gasteiger partial charge < -0.3 is 11.1 Å². The van der Waals surface area contributed by atoms with E-state index in [1.807, 2.05) is 0 Å². The average Bonchev–Trinajstić information content (AvgIpc) is 2.27. The normalized spacial score (nSPS) is 18.7. The van der Waals surface area contributed by atoms with Crippen LogP contribution in [0.15, 0.2) is 12.7 Å². The maximum atomic E-state index is 11.4. The second-order valence-corrected chi connectivity index (χ2v) is 4.05. The Morgan fingerprint density at radius 2 is 2.20 bits per heavy atom. The summed E-state index contributed by atoms with van der Waals surface area (Å²) in [6.45, 7) is 7.37. The van der Waals surface area contributed by atoms with Gasteiger partial charge in [0.05, 0.1) is 6.54 Å². The number of piperidine rings is 1. The monoisotopic (exact) mass is 211 g/mol. The number of nitrogens with two attached hydrogens (primary N) is 1. The summed E-state index contributed by atoms with van der Waals surface area (Å²) in [6.07, 6.45) is 3.93. The predicted octanol–water partition coefficient (Wildman–Crippen LogP) is -0.0407. The van der Waals surface area contributed by atoms with Gasteiger partial charge in [-0.25, -0.2) is 0 Å². The van der Waals surface area contributed by atoms with Crippen LogP contribution in [0.25, 0.3) is 0 Å². The van der Waals surface area contributed by atoms with Crippen molar-refractivity contribution in [2.75, 3.05) is 32.7 Å². The Morgan fingerprint density at radius 3 is 2.73 bits per heavy atom. The van der Waals surface area contributed by atoms with Gasteiger partial charge in [0, 0.05) is 6.54 Å². The Bertz CT molecular complexity index is 210. The minimum Gasteiger partial charge on any atom is -0.352 e. The van der Waals surface area contributed by atoms with Crippen LogP contribution in [0.4, 0.5) is 0 Å². The van der Waals surface area contributed by atoms with E-state index in [1.165, 1.54) is 0 Å². The van der Waals surface area contributed by atoms with Crippen molar-refractivity contribution in [1.29, 1.82) is 0 Å². The molecule has 1 saturated heterocycles. The third-order valence-electron chi connectivity index (χ3n) is 2.85. The zero-order chi connectivity index (χ0) is 11.1. The van der Waals surface area contributed by atoms with Crippen molar-refractivity contribution in [3.05, 3.63) is 12.7 Å². The highest BCUT2D eigenvalue weighted by Crippen LogP contribution is 2.14. The van der Waals surface area contributed by atoms with Gasteiger partial charge in [-0.3, -0.25) is 9.69 Å². The smallest absolute Gasteiger partial charge is 0.234 e. The number of nitrogens with one attached hydrogen (secondary N) is 1. The van der Waals surface area contributed by atoms with Crippen LogP contribution in [0.1, 0.15) is 12.8 Å². The second kappa shape index (κ2) is 6.58. The maximum Gasteiger partial charge on any atom is 0.234 e. The van der Waals surface area contributed by atoms with E-state index in [0.29, 0.717) is 19.0 Å². The summed E-state index contributed by atoms with van der Waals surface area (Å²) in [5.74, 6) is 0.735. The lowest BCUT2D eigenvalue weighted by Crippen LogP contribution is -2.42. The summed E-state index contributed by atoms with van der Waals surface area (Å²) in [5, 5.41) is 2.78. The lowest BCUT2D eigenvalue weighted by Gasteiger charge is -2.30. The molecule has 0 saturated carbocycles. The quantitative estimate of drug-likeness (QED) is 0.627. The van der Waals surface area contributed by atoms with Gasteiger partial charge >= 0.3 is 0 Å². The van der Waals surface area contributed by atoms with Crippen molar-refractivity contribution in [2.45, 2.75) is 12.8 Å². The molecular weight excluding hydrogens is 190 g/mol. The fourth-order valence-electron chi connectivity index (χ4n) is 1.83. The first-order valence-electron chi connectivity index (χ1n) is 5.56. The van der Waals surface area contributed by atoms with E-state index >= 15 is 0 Å². The standard InChI is InChI=1S/C11H21N3O/c1-2-5-13-11(15)9-14-6-3-10(8-12)4-7-14/h2,10H,1,3-9,12H2,(H,13,15). The number of hydrogen-bond acceptors (Lipinski definition) is 3. The molecular formula is C11H21N3O. The molecule has 0 spiro atoms. The van der Waals surface area contributed by atoms with E-state index < -0.39 is 0 Å². The molecule has 1 aliphatic heterocycles. The van der Waals surface area contributed by atoms with Gasteiger partial charge in [0.15, 0.2) is 0 Å². The first-order chi connectivity index (χ1) is 7.26. The van der Waals surface area contributed by atoms with Crippen LogP contribution in [0.3, 0.4) is 0 Å². The van der Waals surface area contributed by atoms with Gasteiger partial charge in [-0.1, -0.05) is 6.08 Å². The van der Waals surface area contributed by atoms with Gasteiger partial charge in [-0.15, -0.1) is 6.58 Å². The molecule has 4 nitrogen and oxygen atoms in total. The first-order valence-corrected chi connectivity index (χ1v) is 5.56. The van der Waals surface area contributed by atoms with Gasteiger partial charge in [-0.05, 0) is 38.4 Å². The summed E-state index contributed by atoms with van der Waals surface area (Å²) < 4.78 is 0. The second-order valence-electron chi connectivity index (χ2n) is 4.05. The fraction of sp³-hybridized carbons (Fsp3) is 0.727. The predicted molar refractivity (Wildman–Crippen MR) is 61.4 cm³/mol. The maximum absolute atomic E-state index is 11.4. The molecule has 0 aromatic rings. The van der Waals surface area contributed by atoms with Crippen molar-refractivity contribution in [3.63, 3.8) is 0 Å². The van der Waals surface area contributed by atoms with Gasteiger partial charge in [-0.2, -0.15) is 0 Å². The first kappa shape index (κ1) is 12.2. The average molecular weight is 211 g/mol. The van der Waals surface area contributed by atoms with E-state index in [9.17, 15) is 4.79 Å². The lowest BCUT2D eigenvalue weighted by atomic mass is 9.97. The van der Waals surface area contributed by atoms with Crippen LogP contribution < -0.4 is 11.1 Å². The molecule has 1 amide bonds. The highest BCUT2D eigenvalue weighted by molar-refractivity contribution is 5.78. The molecule has 1 aliphatic rings. The number of carbonyl (C=O) groups is 1. The van der Waals surface area contributed by atoms with Crippen molar-refractivity contribution in [2.24, 2.45) is 11.7 Å². The summed E-state index contributed by atoms with van der Waals surface area (Å²) in [5.41, 5.74) is 5.61. The van der Waals surface area contributed by atoms with E-state index in [1.54, 1.807) is 6.08 Å². The van der Waals surface area contributed by atoms with Crippen molar-refractivity contribution < 1.29 is 4.79 Å². The number of likely N-dealkylation sites (tertiary alicyclic amines) is 1. The molecule has 0 bridgehead atoms. The number of carbonyl (C=O) groups excluding carboxylic acids is 1. The van der Waals surface area contributed by atoms with E-state index in [4.69, 9.17) is 5.73 Å². The molecule has 0 atom stereocenters. The molecule has 0 unspecified atom stereocenters. The molecule has 1 heterocycles. The van der Waals surface area contributed by atoms with Crippen molar-refractivity contribution in [1.82, 2.24) is 10.2 Å². The van der Waals surface area contributed by atoms with Gasteiger partial charge in [0.2, 0.25) is 5.91 Å². The molecule has 4 heteroatoms. The Labute approximate surface area is 91.5 Å². The number of rotatable bonds is 5. The minimum absolute atomic E-state index is 0.0844. The third-order valence-corrected chi connectivity index (χ3v) is 2.85. The van der Waals surface area contributed by atoms with Crippen LogP contribution in [-0.4, -0.2) is 43.5 Å². The zero-order valence-corrected chi connectivity index (χ0v) is 9.24. The van der Waals surface area contributed by atoms with Crippen LogP contribution in [0.2, 0.25) is 0 Å². The molecule has 86 valence electrons. The van der Waals surface area contributed by atoms with Crippen LogP contribution in [-0.2, 0) is 4.79 Å². The van der Waals surface area contributed by atoms with E-state index in [2.05, 4.69) is 16.8 Å². The number of nitrogens with zero attached hydrogens (tertiary/aromatic N) is 1. The van der Waals surface area contributed by atoms with Crippen molar-refractivity contribution in [3.8, 4) is 0 Å². The highest BCUT2D eigenvalue weighted by atomic mass is 16.2. The van der Waals surface area contributed by atoms with Gasteiger partial charge in [0.1, 0.15) is 0 Å². The SMILES string of the molecule is C=CCNC(=O)CN1CCC(CN)CC1. The molecule has 0 radical (unpaired) electrons. The largest absolute Gasteiger partial charge is 0.352 e. The minimum atomic E-state index is 0.0844. The summed E-state index contributed by atoms with van der Waals surface area (Å²) in [4.78, 5) is 13.6. The summed E-state index contributed by atoms with van der Waals surface area (Å²) in [6, 6.07) is 0. The zero-order valence-electron chi connectivity index (χ0n) is 9.24. The summed E-state index contributed by atoms with van der Waals surface area (Å²) in [7, 11) is 0. The Kier molecular flexibility index (Phi) is 5.36. The van der Waals surface area contributed by atoms with E-state index in [0.717, 1.165) is 32.5 Å². The topological polar surface area (TPSA) is 58.4 Å². The van der Waals surface area contributed by atoms with E-state index in [-0.39, 0.29) is 5.91 Å². The lowest BCUT2D eigenvalue weighted by molar-refractivity contribution is -0.122. The number of hydrogen-bond donors (Lipinski definition) is 2. The van der Waals surface area contributed by atoms with Crippen LogP contribution in [0, 0.1) is 5.92 Å². The Balaban J connectivity index is 2.17. The molecule has 15 heavy (non-hydrogen) atoms. The van der Waals surface area contributed by atoms with Crippen molar-refractivity contribution >= 4 is 5.91 Å². The highest BCUT2D eigenvalue weighted by Gasteiger charge is 2.19. The van der Waals surface area contributed by atoms with Crippen LogP contribution in [0.5, 0.6) is 0 Å².